The second-order valence-corrected chi connectivity index (χ2v) is 6.56. The minimum absolute atomic E-state index is 0.121. The molecular weight excluding hydrogens is 286 g/mol. The first-order chi connectivity index (χ1) is 9.97. The van der Waals surface area contributed by atoms with Gasteiger partial charge in [0.2, 0.25) is 5.88 Å². The molecule has 1 aromatic rings. The Labute approximate surface area is 131 Å². The van der Waals surface area contributed by atoms with Gasteiger partial charge < -0.3 is 15.0 Å². The van der Waals surface area contributed by atoms with Crippen LogP contribution in [0.3, 0.4) is 0 Å². The average Bonchev–Trinajstić information content (AvgIpc) is 2.42. The second-order valence-electron chi connectivity index (χ2n) is 5.48. The summed E-state index contributed by atoms with van der Waals surface area (Å²) in [7, 11) is 0. The Bertz CT molecular complexity index is 484. The van der Waals surface area contributed by atoms with E-state index in [9.17, 15) is 9.90 Å². The first-order valence-electron chi connectivity index (χ1n) is 7.65. The predicted molar refractivity (Wildman–Crippen MR) is 88.2 cm³/mol. The van der Waals surface area contributed by atoms with Crippen LogP contribution < -0.4 is 5.56 Å². The van der Waals surface area contributed by atoms with Gasteiger partial charge in [0, 0.05) is 12.3 Å². The Morgan fingerprint density at radius 3 is 2.52 bits per heavy atom. The van der Waals surface area contributed by atoms with Gasteiger partial charge in [-0.3, -0.25) is 4.79 Å². The number of thioether (sulfide) groups is 1. The average molecular weight is 313 g/mol. The van der Waals surface area contributed by atoms with Crippen LogP contribution in [0.4, 0.5) is 0 Å². The van der Waals surface area contributed by atoms with Crippen LogP contribution in [0.15, 0.2) is 9.95 Å². The summed E-state index contributed by atoms with van der Waals surface area (Å²) in [6.07, 6.45) is 1.43. The Kier molecular flexibility index (Phi) is 7.82. The molecule has 0 bridgehead atoms. The van der Waals surface area contributed by atoms with Crippen LogP contribution in [-0.2, 0) is 6.42 Å². The van der Waals surface area contributed by atoms with Gasteiger partial charge in [0.05, 0.1) is 5.56 Å². The van der Waals surface area contributed by atoms with E-state index in [1.807, 2.05) is 0 Å². The van der Waals surface area contributed by atoms with Gasteiger partial charge >= 0.3 is 0 Å². The van der Waals surface area contributed by atoms with Crippen molar-refractivity contribution in [1.29, 1.82) is 0 Å². The van der Waals surface area contributed by atoms with Crippen molar-refractivity contribution in [3.8, 4) is 5.88 Å². The quantitative estimate of drug-likeness (QED) is 0.541. The molecule has 2 N–H and O–H groups in total. The van der Waals surface area contributed by atoms with E-state index in [-0.39, 0.29) is 11.4 Å². The molecule has 0 aliphatic heterocycles. The maximum atomic E-state index is 12.0. The molecule has 0 unspecified atom stereocenters. The lowest BCUT2D eigenvalue weighted by Gasteiger charge is -2.17. The number of nitrogens with zero attached hydrogens (tertiary/aromatic N) is 2. The van der Waals surface area contributed by atoms with E-state index >= 15 is 0 Å². The number of H-pyrrole nitrogens is 1. The van der Waals surface area contributed by atoms with Gasteiger partial charge in [0.15, 0.2) is 5.16 Å². The SMILES string of the molecule is CCN(CC)CCSc1nc(O)c(CCC(C)C)c(=O)[nH]1. The maximum Gasteiger partial charge on any atom is 0.258 e. The molecule has 120 valence electrons. The summed E-state index contributed by atoms with van der Waals surface area (Å²) in [4.78, 5) is 21.2. The number of hydrogen-bond acceptors (Lipinski definition) is 5. The molecule has 1 rings (SSSR count). The van der Waals surface area contributed by atoms with E-state index < -0.39 is 0 Å². The summed E-state index contributed by atoms with van der Waals surface area (Å²) >= 11 is 1.47. The fraction of sp³-hybridized carbons (Fsp3) is 0.733. The molecule has 0 aromatic carbocycles. The number of nitrogens with one attached hydrogen (secondary N) is 1. The van der Waals surface area contributed by atoms with Crippen molar-refractivity contribution in [2.24, 2.45) is 5.92 Å². The largest absolute Gasteiger partial charge is 0.493 e. The molecule has 0 radical (unpaired) electrons. The molecule has 5 nitrogen and oxygen atoms in total. The monoisotopic (exact) mass is 313 g/mol. The van der Waals surface area contributed by atoms with E-state index in [1.54, 1.807) is 0 Å². The molecular formula is C15H27N3O2S. The molecule has 1 heterocycles. The van der Waals surface area contributed by atoms with E-state index in [2.05, 4.69) is 42.6 Å². The number of hydrogen-bond donors (Lipinski definition) is 2. The molecule has 0 aliphatic carbocycles. The molecule has 0 spiro atoms. The van der Waals surface area contributed by atoms with Crippen LogP contribution in [0.1, 0.15) is 39.7 Å². The lowest BCUT2D eigenvalue weighted by Crippen LogP contribution is -2.25. The Balaban J connectivity index is 2.64. The van der Waals surface area contributed by atoms with Gasteiger partial charge in [-0.05, 0) is 31.8 Å². The minimum atomic E-state index is -0.214. The van der Waals surface area contributed by atoms with Crippen LogP contribution in [-0.4, -0.2) is 45.4 Å². The smallest absolute Gasteiger partial charge is 0.258 e. The standard InChI is InChI=1S/C15H27N3O2S/c1-5-18(6-2)9-10-21-15-16-13(19)12(14(20)17-15)8-7-11(3)4/h11H,5-10H2,1-4H3,(H2,16,17,19,20). The minimum Gasteiger partial charge on any atom is -0.493 e. The van der Waals surface area contributed by atoms with Crippen molar-refractivity contribution in [3.63, 3.8) is 0 Å². The third-order valence-electron chi connectivity index (χ3n) is 3.48. The normalized spacial score (nSPS) is 11.5. The van der Waals surface area contributed by atoms with Crippen molar-refractivity contribution in [2.75, 3.05) is 25.4 Å². The molecule has 0 amide bonds. The summed E-state index contributed by atoms with van der Waals surface area (Å²) in [6, 6.07) is 0. The zero-order chi connectivity index (χ0) is 15.8. The Morgan fingerprint density at radius 2 is 2.00 bits per heavy atom. The van der Waals surface area contributed by atoms with Gasteiger partial charge in [0.25, 0.3) is 5.56 Å². The van der Waals surface area contributed by atoms with E-state index in [0.717, 1.165) is 31.8 Å². The van der Waals surface area contributed by atoms with Gasteiger partial charge in [-0.1, -0.05) is 39.5 Å². The first-order valence-corrected chi connectivity index (χ1v) is 8.63. The highest BCUT2D eigenvalue weighted by atomic mass is 32.2. The molecule has 1 aromatic heterocycles. The lowest BCUT2D eigenvalue weighted by atomic mass is 10.0. The van der Waals surface area contributed by atoms with Crippen molar-refractivity contribution < 1.29 is 5.11 Å². The third-order valence-corrected chi connectivity index (χ3v) is 4.34. The first kappa shape index (κ1) is 18.0. The van der Waals surface area contributed by atoms with Crippen LogP contribution >= 0.6 is 11.8 Å². The highest BCUT2D eigenvalue weighted by Crippen LogP contribution is 2.18. The van der Waals surface area contributed by atoms with Gasteiger partial charge in [0.1, 0.15) is 0 Å². The maximum absolute atomic E-state index is 12.0. The van der Waals surface area contributed by atoms with E-state index in [0.29, 0.717) is 23.1 Å². The highest BCUT2D eigenvalue weighted by molar-refractivity contribution is 7.99. The summed E-state index contributed by atoms with van der Waals surface area (Å²) < 4.78 is 0. The molecule has 0 saturated carbocycles. The second kappa shape index (κ2) is 9.10. The van der Waals surface area contributed by atoms with Crippen molar-refractivity contribution in [3.05, 3.63) is 15.9 Å². The molecule has 0 fully saturated rings. The summed E-state index contributed by atoms with van der Waals surface area (Å²) in [5, 5.41) is 10.4. The highest BCUT2D eigenvalue weighted by Gasteiger charge is 2.12. The van der Waals surface area contributed by atoms with Crippen LogP contribution in [0, 0.1) is 5.92 Å². The molecule has 6 heteroatoms. The number of aromatic hydroxyl groups is 1. The van der Waals surface area contributed by atoms with Crippen LogP contribution in [0.25, 0.3) is 0 Å². The lowest BCUT2D eigenvalue weighted by molar-refractivity contribution is 0.324. The van der Waals surface area contributed by atoms with Crippen LogP contribution in [0.5, 0.6) is 5.88 Å². The molecule has 0 saturated heterocycles. The fourth-order valence-corrected chi connectivity index (χ4v) is 2.86. The number of rotatable bonds is 9. The van der Waals surface area contributed by atoms with Gasteiger partial charge in [-0.25, -0.2) is 0 Å². The van der Waals surface area contributed by atoms with Crippen molar-refractivity contribution >= 4 is 11.8 Å². The zero-order valence-corrected chi connectivity index (χ0v) is 14.3. The summed E-state index contributed by atoms with van der Waals surface area (Å²) in [5.41, 5.74) is 0.185. The third kappa shape index (κ3) is 6.09. The molecule has 0 atom stereocenters. The summed E-state index contributed by atoms with van der Waals surface area (Å²) in [6.45, 7) is 11.4. The number of aromatic amines is 1. The number of aromatic nitrogens is 2. The van der Waals surface area contributed by atoms with Crippen molar-refractivity contribution in [2.45, 2.75) is 45.7 Å². The van der Waals surface area contributed by atoms with E-state index in [4.69, 9.17) is 0 Å². The molecule has 0 aliphatic rings. The summed E-state index contributed by atoms with van der Waals surface area (Å²) in [5.74, 6) is 1.21. The zero-order valence-electron chi connectivity index (χ0n) is 13.5. The van der Waals surface area contributed by atoms with Crippen molar-refractivity contribution in [1.82, 2.24) is 14.9 Å². The topological polar surface area (TPSA) is 69.2 Å². The fourth-order valence-electron chi connectivity index (χ4n) is 2.00. The van der Waals surface area contributed by atoms with Gasteiger partial charge in [-0.15, -0.1) is 0 Å². The van der Waals surface area contributed by atoms with Gasteiger partial charge in [-0.2, -0.15) is 4.98 Å². The Morgan fingerprint density at radius 1 is 1.33 bits per heavy atom. The molecule has 21 heavy (non-hydrogen) atoms. The van der Waals surface area contributed by atoms with E-state index in [1.165, 1.54) is 11.8 Å². The predicted octanol–water partition coefficient (Wildman–Crippen LogP) is 2.50. The Hall–Kier alpha value is -1.01. The van der Waals surface area contributed by atoms with Crippen LogP contribution in [0.2, 0.25) is 0 Å².